The predicted molar refractivity (Wildman–Crippen MR) is 124 cm³/mol. The molecule has 2 aromatic rings. The van der Waals surface area contributed by atoms with Gasteiger partial charge in [-0.05, 0) is 76.8 Å². The maximum atomic E-state index is 12.5. The number of amides is 1. The third-order valence-corrected chi connectivity index (χ3v) is 5.84. The van der Waals surface area contributed by atoms with Crippen molar-refractivity contribution in [3.63, 3.8) is 0 Å². The molecule has 0 saturated heterocycles. The van der Waals surface area contributed by atoms with Gasteiger partial charge in [0.25, 0.3) is 0 Å². The van der Waals surface area contributed by atoms with Gasteiger partial charge in [-0.3, -0.25) is 0 Å². The quantitative estimate of drug-likeness (QED) is 0.355. The van der Waals surface area contributed by atoms with Crippen LogP contribution in [0.15, 0.2) is 47.4 Å². The minimum atomic E-state index is -4.06. The van der Waals surface area contributed by atoms with Gasteiger partial charge in [0, 0.05) is 12.6 Å². The summed E-state index contributed by atoms with van der Waals surface area (Å²) in [6.07, 6.45) is 2.00. The van der Waals surface area contributed by atoms with Crippen molar-refractivity contribution < 1.29 is 26.9 Å². The molecule has 0 aliphatic rings. The number of carbonyl (C=O) groups excluding carboxylic acids is 1. The number of carbonyl (C=O) groups is 1. The van der Waals surface area contributed by atoms with Gasteiger partial charge in [0.15, 0.2) is 0 Å². The Labute approximate surface area is 195 Å². The molecular formula is C23H30ClNO6S. The van der Waals surface area contributed by atoms with Gasteiger partial charge in [0.05, 0.1) is 11.6 Å². The van der Waals surface area contributed by atoms with E-state index in [4.69, 9.17) is 25.3 Å². The number of halogens is 1. The number of aryl methyl sites for hydroxylation is 1. The Morgan fingerprint density at radius 2 is 1.72 bits per heavy atom. The molecule has 1 N–H and O–H groups in total. The van der Waals surface area contributed by atoms with E-state index < -0.39 is 21.8 Å². The summed E-state index contributed by atoms with van der Waals surface area (Å²) in [7, 11) is -4.06. The second kappa shape index (κ2) is 11.4. The summed E-state index contributed by atoms with van der Waals surface area (Å²) in [5.41, 5.74) is 0.287. The summed E-state index contributed by atoms with van der Waals surface area (Å²) in [6, 6.07) is 11.1. The van der Waals surface area contributed by atoms with Gasteiger partial charge in [-0.2, -0.15) is 8.42 Å². The number of ether oxygens (including phenoxy) is 2. The molecule has 0 aromatic heterocycles. The SMILES string of the molecule is Cc1cc(OCCCCCNC(=O)OC(C)(C)C)cc(OS(=O)(=O)c2ccccc2Cl)c1. The molecule has 0 spiro atoms. The topological polar surface area (TPSA) is 90.9 Å². The zero-order chi connectivity index (χ0) is 23.8. The molecule has 2 aromatic carbocycles. The zero-order valence-electron chi connectivity index (χ0n) is 18.8. The van der Waals surface area contributed by atoms with Crippen molar-refractivity contribution in [1.29, 1.82) is 0 Å². The summed E-state index contributed by atoms with van der Waals surface area (Å²) >= 11 is 5.99. The Balaban J connectivity index is 1.81. The van der Waals surface area contributed by atoms with Crippen LogP contribution < -0.4 is 14.2 Å². The van der Waals surface area contributed by atoms with Crippen LogP contribution in [0.1, 0.15) is 45.6 Å². The monoisotopic (exact) mass is 483 g/mol. The number of hydrogen-bond acceptors (Lipinski definition) is 6. The van der Waals surface area contributed by atoms with E-state index in [1.165, 1.54) is 18.2 Å². The molecule has 0 heterocycles. The maximum Gasteiger partial charge on any atom is 0.407 e. The van der Waals surface area contributed by atoms with Crippen LogP contribution in [0.25, 0.3) is 0 Å². The first-order valence-electron chi connectivity index (χ1n) is 10.4. The number of hydrogen-bond donors (Lipinski definition) is 1. The Bertz CT molecular complexity index is 1020. The number of rotatable bonds is 10. The van der Waals surface area contributed by atoms with Gasteiger partial charge >= 0.3 is 16.2 Å². The number of unbranched alkanes of at least 4 members (excludes halogenated alkanes) is 2. The highest BCUT2D eigenvalue weighted by molar-refractivity contribution is 7.87. The van der Waals surface area contributed by atoms with Crippen LogP contribution in [0, 0.1) is 6.92 Å². The van der Waals surface area contributed by atoms with Crippen molar-refractivity contribution in [2.75, 3.05) is 13.2 Å². The fourth-order valence-corrected chi connectivity index (χ4v) is 4.17. The second-order valence-electron chi connectivity index (χ2n) is 8.29. The summed E-state index contributed by atoms with van der Waals surface area (Å²) < 4.78 is 41.3. The molecule has 0 radical (unpaired) electrons. The summed E-state index contributed by atoms with van der Waals surface area (Å²) in [5.74, 6) is 0.669. The molecule has 9 heteroatoms. The molecule has 0 unspecified atom stereocenters. The third kappa shape index (κ3) is 8.96. The average molecular weight is 484 g/mol. The molecule has 0 aliphatic carbocycles. The molecule has 0 aliphatic heterocycles. The third-order valence-electron chi connectivity index (χ3n) is 4.09. The smallest absolute Gasteiger partial charge is 0.407 e. The van der Waals surface area contributed by atoms with Crippen molar-refractivity contribution in [3.05, 3.63) is 53.1 Å². The lowest BCUT2D eigenvalue weighted by molar-refractivity contribution is 0.0527. The molecule has 176 valence electrons. The fourth-order valence-electron chi connectivity index (χ4n) is 2.76. The van der Waals surface area contributed by atoms with Crippen molar-refractivity contribution in [1.82, 2.24) is 5.32 Å². The second-order valence-corrected chi connectivity index (χ2v) is 10.2. The van der Waals surface area contributed by atoms with Gasteiger partial charge in [0.1, 0.15) is 22.0 Å². The molecule has 7 nitrogen and oxygen atoms in total. The zero-order valence-corrected chi connectivity index (χ0v) is 20.4. The predicted octanol–water partition coefficient (Wildman–Crippen LogP) is 5.49. The maximum absolute atomic E-state index is 12.5. The Morgan fingerprint density at radius 1 is 1.03 bits per heavy atom. The molecule has 0 bridgehead atoms. The van der Waals surface area contributed by atoms with Crippen molar-refractivity contribution >= 4 is 27.8 Å². The molecule has 0 atom stereocenters. The van der Waals surface area contributed by atoms with E-state index >= 15 is 0 Å². The first-order valence-corrected chi connectivity index (χ1v) is 12.2. The standard InChI is InChI=1S/C23H30ClNO6S/c1-17-14-18(29-13-9-5-8-12-25-22(26)30-23(2,3)4)16-19(15-17)31-32(27,28)21-11-7-6-10-20(21)24/h6-7,10-11,14-16H,5,8-9,12-13H2,1-4H3,(H,25,26). The number of nitrogens with one attached hydrogen (secondary N) is 1. The number of alkyl carbamates (subject to hydrolysis) is 1. The van der Waals surface area contributed by atoms with Gasteiger partial charge in [-0.1, -0.05) is 23.7 Å². The number of benzene rings is 2. The molecular weight excluding hydrogens is 454 g/mol. The largest absolute Gasteiger partial charge is 0.493 e. The van der Waals surface area contributed by atoms with E-state index in [0.29, 0.717) is 18.9 Å². The van der Waals surface area contributed by atoms with Crippen LogP contribution in [0.4, 0.5) is 4.79 Å². The van der Waals surface area contributed by atoms with Gasteiger partial charge < -0.3 is 19.0 Å². The first-order chi connectivity index (χ1) is 15.0. The highest BCUT2D eigenvalue weighted by atomic mass is 35.5. The lowest BCUT2D eigenvalue weighted by atomic mass is 10.2. The highest BCUT2D eigenvalue weighted by Crippen LogP contribution is 2.28. The molecule has 2 rings (SSSR count). The van der Waals surface area contributed by atoms with E-state index in [-0.39, 0.29) is 15.7 Å². The van der Waals surface area contributed by atoms with Crippen LogP contribution in [-0.2, 0) is 14.9 Å². The normalized spacial score (nSPS) is 11.7. The molecule has 0 saturated carbocycles. The molecule has 32 heavy (non-hydrogen) atoms. The van der Waals surface area contributed by atoms with Crippen molar-refractivity contribution in [3.8, 4) is 11.5 Å². The lowest BCUT2D eigenvalue weighted by Crippen LogP contribution is -2.33. The minimum absolute atomic E-state index is 0.0920. The van der Waals surface area contributed by atoms with Gasteiger partial charge in [-0.25, -0.2) is 4.79 Å². The van der Waals surface area contributed by atoms with E-state index in [9.17, 15) is 13.2 Å². The molecule has 0 fully saturated rings. The first kappa shape index (κ1) is 25.8. The molecule has 1 amide bonds. The highest BCUT2D eigenvalue weighted by Gasteiger charge is 2.20. The Hall–Kier alpha value is -2.45. The van der Waals surface area contributed by atoms with Crippen LogP contribution in [-0.4, -0.2) is 33.3 Å². The van der Waals surface area contributed by atoms with E-state index in [1.54, 1.807) is 24.3 Å². The Kier molecular flexibility index (Phi) is 9.21. The van der Waals surface area contributed by atoms with Crippen molar-refractivity contribution in [2.45, 2.75) is 57.5 Å². The van der Waals surface area contributed by atoms with E-state index in [1.807, 2.05) is 27.7 Å². The van der Waals surface area contributed by atoms with Gasteiger partial charge in [-0.15, -0.1) is 0 Å². The van der Waals surface area contributed by atoms with Crippen LogP contribution >= 0.6 is 11.6 Å². The summed E-state index contributed by atoms with van der Waals surface area (Å²) in [4.78, 5) is 11.5. The average Bonchev–Trinajstić information content (AvgIpc) is 2.65. The summed E-state index contributed by atoms with van der Waals surface area (Å²) in [5, 5.41) is 2.81. The summed E-state index contributed by atoms with van der Waals surface area (Å²) in [6.45, 7) is 8.25. The van der Waals surface area contributed by atoms with Crippen molar-refractivity contribution in [2.24, 2.45) is 0 Å². The minimum Gasteiger partial charge on any atom is -0.493 e. The van der Waals surface area contributed by atoms with Crippen LogP contribution in [0.3, 0.4) is 0 Å². The fraction of sp³-hybridized carbons (Fsp3) is 0.435. The van der Waals surface area contributed by atoms with E-state index in [2.05, 4.69) is 5.32 Å². The Morgan fingerprint density at radius 3 is 2.41 bits per heavy atom. The van der Waals surface area contributed by atoms with E-state index in [0.717, 1.165) is 24.8 Å². The van der Waals surface area contributed by atoms with Crippen LogP contribution in [0.5, 0.6) is 11.5 Å². The van der Waals surface area contributed by atoms with Gasteiger partial charge in [0.2, 0.25) is 0 Å². The van der Waals surface area contributed by atoms with Crippen LogP contribution in [0.2, 0.25) is 5.02 Å². The lowest BCUT2D eigenvalue weighted by Gasteiger charge is -2.19.